The molecule has 94 valence electrons. The predicted molar refractivity (Wildman–Crippen MR) is 58.1 cm³/mol. The van der Waals surface area contributed by atoms with E-state index < -0.39 is 29.5 Å². The minimum absolute atomic E-state index is 0.0956. The summed E-state index contributed by atoms with van der Waals surface area (Å²) >= 11 is 0. The van der Waals surface area contributed by atoms with Crippen LogP contribution >= 0.6 is 0 Å². The quantitative estimate of drug-likeness (QED) is 0.592. The van der Waals surface area contributed by atoms with E-state index in [0.29, 0.717) is 12.8 Å². The van der Waals surface area contributed by atoms with Crippen LogP contribution in [0.4, 0.5) is 13.2 Å². The Labute approximate surface area is 98.3 Å². The highest BCUT2D eigenvalue weighted by molar-refractivity contribution is 5.25. The van der Waals surface area contributed by atoms with Crippen molar-refractivity contribution in [3.63, 3.8) is 0 Å². The van der Waals surface area contributed by atoms with Crippen molar-refractivity contribution < 1.29 is 18.3 Å². The highest BCUT2D eigenvalue weighted by Crippen LogP contribution is 2.34. The number of hydrogen-bond acceptors (Lipinski definition) is 1. The molecule has 1 aromatic rings. The van der Waals surface area contributed by atoms with Gasteiger partial charge in [0.2, 0.25) is 0 Å². The maximum Gasteiger partial charge on any atom is 0.194 e. The predicted octanol–water partition coefficient (Wildman–Crippen LogP) is 3.51. The molecule has 0 radical (unpaired) electrons. The lowest BCUT2D eigenvalue weighted by atomic mass is 9.89. The molecule has 1 fully saturated rings. The Kier molecular flexibility index (Phi) is 3.72. The summed E-state index contributed by atoms with van der Waals surface area (Å²) in [6, 6.07) is 2.16. The van der Waals surface area contributed by atoms with E-state index in [9.17, 15) is 18.3 Å². The van der Waals surface area contributed by atoms with Gasteiger partial charge in [0.05, 0.1) is 6.10 Å². The van der Waals surface area contributed by atoms with Crippen molar-refractivity contribution in [2.24, 2.45) is 0 Å². The Bertz CT molecular complexity index is 406. The summed E-state index contributed by atoms with van der Waals surface area (Å²) in [4.78, 5) is 0. The lowest BCUT2D eigenvalue weighted by Crippen LogP contribution is -2.18. The summed E-state index contributed by atoms with van der Waals surface area (Å²) in [6.07, 6.45) is 3.28. The lowest BCUT2D eigenvalue weighted by molar-refractivity contribution is 0.133. The van der Waals surface area contributed by atoms with Gasteiger partial charge in [0, 0.05) is 5.92 Å². The van der Waals surface area contributed by atoms with E-state index in [2.05, 4.69) is 0 Å². The summed E-state index contributed by atoms with van der Waals surface area (Å²) in [5, 5.41) is 9.90. The van der Waals surface area contributed by atoms with Gasteiger partial charge in [-0.2, -0.15) is 0 Å². The van der Waals surface area contributed by atoms with Crippen molar-refractivity contribution in [1.82, 2.24) is 0 Å². The van der Waals surface area contributed by atoms with Crippen LogP contribution in [0.3, 0.4) is 0 Å². The summed E-state index contributed by atoms with van der Waals surface area (Å²) in [7, 11) is 0. The molecule has 0 bridgehead atoms. The minimum atomic E-state index is -1.45. The fraction of sp³-hybridized carbons (Fsp3) is 0.538. The number of hydrogen-bond donors (Lipinski definition) is 1. The Morgan fingerprint density at radius 1 is 0.941 bits per heavy atom. The van der Waals surface area contributed by atoms with Gasteiger partial charge in [0.25, 0.3) is 0 Å². The first-order valence-electron chi connectivity index (χ1n) is 5.92. The van der Waals surface area contributed by atoms with Crippen LogP contribution in [0, 0.1) is 17.5 Å². The smallest absolute Gasteiger partial charge is 0.194 e. The van der Waals surface area contributed by atoms with Crippen molar-refractivity contribution in [1.29, 1.82) is 0 Å². The topological polar surface area (TPSA) is 20.2 Å². The molecule has 17 heavy (non-hydrogen) atoms. The van der Waals surface area contributed by atoms with Crippen molar-refractivity contribution in [3.8, 4) is 0 Å². The molecule has 0 saturated heterocycles. The van der Waals surface area contributed by atoms with Crippen LogP contribution in [0.25, 0.3) is 0 Å². The van der Waals surface area contributed by atoms with Crippen LogP contribution in [-0.4, -0.2) is 11.2 Å². The maximum atomic E-state index is 13.6. The van der Waals surface area contributed by atoms with E-state index in [-0.39, 0.29) is 5.56 Å². The van der Waals surface area contributed by atoms with Crippen molar-refractivity contribution in [2.75, 3.05) is 0 Å². The second-order valence-electron chi connectivity index (χ2n) is 4.58. The van der Waals surface area contributed by atoms with Gasteiger partial charge in [-0.3, -0.25) is 0 Å². The van der Waals surface area contributed by atoms with Gasteiger partial charge in [-0.1, -0.05) is 25.3 Å². The van der Waals surface area contributed by atoms with E-state index in [1.165, 1.54) is 6.07 Å². The molecule has 0 spiro atoms. The zero-order valence-electron chi connectivity index (χ0n) is 9.43. The first kappa shape index (κ1) is 12.4. The normalized spacial score (nSPS) is 25.6. The van der Waals surface area contributed by atoms with E-state index in [0.717, 1.165) is 25.3 Å². The van der Waals surface area contributed by atoms with E-state index >= 15 is 0 Å². The first-order valence-corrected chi connectivity index (χ1v) is 5.92. The zero-order chi connectivity index (χ0) is 12.4. The molecule has 1 N–H and O–H groups in total. The molecule has 4 heteroatoms. The van der Waals surface area contributed by atoms with Crippen LogP contribution in [0.15, 0.2) is 12.1 Å². The van der Waals surface area contributed by atoms with Gasteiger partial charge in [-0.05, 0) is 24.5 Å². The van der Waals surface area contributed by atoms with Gasteiger partial charge >= 0.3 is 0 Å². The molecule has 0 aromatic heterocycles. The highest BCUT2D eigenvalue weighted by Gasteiger charge is 2.27. The van der Waals surface area contributed by atoms with Gasteiger partial charge < -0.3 is 5.11 Å². The molecule has 2 unspecified atom stereocenters. The summed E-state index contributed by atoms with van der Waals surface area (Å²) in [5.74, 6) is -4.21. The Morgan fingerprint density at radius 2 is 1.65 bits per heavy atom. The molecule has 0 aliphatic heterocycles. The van der Waals surface area contributed by atoms with Crippen LogP contribution in [0.5, 0.6) is 0 Å². The Hall–Kier alpha value is -1.03. The number of rotatable bonds is 1. The fourth-order valence-corrected chi connectivity index (χ4v) is 2.48. The Morgan fingerprint density at radius 3 is 2.41 bits per heavy atom. The monoisotopic (exact) mass is 244 g/mol. The van der Waals surface area contributed by atoms with Crippen LogP contribution in [0.2, 0.25) is 0 Å². The molecule has 1 nitrogen and oxygen atoms in total. The van der Waals surface area contributed by atoms with Crippen LogP contribution in [-0.2, 0) is 0 Å². The molecule has 1 aliphatic carbocycles. The second-order valence-corrected chi connectivity index (χ2v) is 4.58. The molecule has 1 aliphatic rings. The number of aliphatic hydroxyl groups is 1. The number of halogens is 3. The standard InChI is InChI=1S/C13H15F3O/c14-10-7-6-9(12(15)13(10)16)8-4-2-1-3-5-11(8)17/h6-8,11,17H,1-5H2. The zero-order valence-corrected chi connectivity index (χ0v) is 9.43. The molecule has 2 rings (SSSR count). The van der Waals surface area contributed by atoms with Gasteiger partial charge in [0.15, 0.2) is 17.5 Å². The van der Waals surface area contributed by atoms with Gasteiger partial charge in [-0.25, -0.2) is 13.2 Å². The van der Waals surface area contributed by atoms with Crippen molar-refractivity contribution >= 4 is 0 Å². The summed E-state index contributed by atoms with van der Waals surface area (Å²) in [5.41, 5.74) is 0.0956. The average molecular weight is 244 g/mol. The van der Waals surface area contributed by atoms with Crippen LogP contribution in [0.1, 0.15) is 43.6 Å². The SMILES string of the molecule is OC1CCCCCC1c1ccc(F)c(F)c1F. The average Bonchev–Trinajstić information content (AvgIpc) is 2.52. The lowest BCUT2D eigenvalue weighted by Gasteiger charge is -2.21. The summed E-state index contributed by atoms with van der Waals surface area (Å²) in [6.45, 7) is 0. The molecule has 0 heterocycles. The molecule has 1 saturated carbocycles. The molecule has 2 atom stereocenters. The minimum Gasteiger partial charge on any atom is -0.392 e. The number of aliphatic hydroxyl groups excluding tert-OH is 1. The second kappa shape index (κ2) is 5.08. The van der Waals surface area contributed by atoms with Crippen LogP contribution < -0.4 is 0 Å². The molecular weight excluding hydrogens is 229 g/mol. The van der Waals surface area contributed by atoms with Gasteiger partial charge in [-0.15, -0.1) is 0 Å². The third-order valence-electron chi connectivity index (χ3n) is 3.44. The molecular formula is C13H15F3O. The largest absolute Gasteiger partial charge is 0.392 e. The van der Waals surface area contributed by atoms with E-state index in [1.54, 1.807) is 0 Å². The molecule has 0 amide bonds. The van der Waals surface area contributed by atoms with Gasteiger partial charge in [0.1, 0.15) is 0 Å². The Balaban J connectivity index is 2.35. The van der Waals surface area contributed by atoms with Crippen molar-refractivity contribution in [2.45, 2.75) is 44.1 Å². The highest BCUT2D eigenvalue weighted by atomic mass is 19.2. The fourth-order valence-electron chi connectivity index (χ4n) is 2.48. The van der Waals surface area contributed by atoms with E-state index in [4.69, 9.17) is 0 Å². The van der Waals surface area contributed by atoms with Crippen molar-refractivity contribution in [3.05, 3.63) is 35.1 Å². The molecule has 1 aromatic carbocycles. The third kappa shape index (κ3) is 2.46. The summed E-state index contributed by atoms with van der Waals surface area (Å²) < 4.78 is 39.6. The number of benzene rings is 1. The first-order chi connectivity index (χ1) is 8.11. The van der Waals surface area contributed by atoms with E-state index in [1.807, 2.05) is 0 Å². The maximum absolute atomic E-state index is 13.6. The third-order valence-corrected chi connectivity index (χ3v) is 3.44.